The molecule has 24 heavy (non-hydrogen) atoms. The fourth-order valence-corrected chi connectivity index (χ4v) is 4.79. The van der Waals surface area contributed by atoms with Crippen LogP contribution in [0.3, 0.4) is 0 Å². The maximum atomic E-state index is 12.9. The zero-order valence-electron chi connectivity index (χ0n) is 14.1. The Labute approximate surface area is 148 Å². The van der Waals surface area contributed by atoms with E-state index in [1.165, 1.54) is 17.8 Å². The summed E-state index contributed by atoms with van der Waals surface area (Å²) in [6.07, 6.45) is 5.68. The molecule has 0 radical (unpaired) electrons. The monoisotopic (exact) mass is 368 g/mol. The van der Waals surface area contributed by atoms with Gasteiger partial charge in [-0.25, -0.2) is 13.1 Å². The molecule has 3 rings (SSSR count). The van der Waals surface area contributed by atoms with Crippen molar-refractivity contribution in [2.45, 2.75) is 48.4 Å². The second-order valence-electron chi connectivity index (χ2n) is 6.73. The van der Waals surface area contributed by atoms with Gasteiger partial charge in [-0.05, 0) is 56.1 Å². The van der Waals surface area contributed by atoms with Crippen LogP contribution in [0.2, 0.25) is 0 Å². The number of likely N-dealkylation sites (tertiary alicyclic amines) is 1. The van der Waals surface area contributed by atoms with Gasteiger partial charge in [0, 0.05) is 24.0 Å². The fourth-order valence-electron chi connectivity index (χ4n) is 2.89. The predicted molar refractivity (Wildman–Crippen MR) is 95.9 cm³/mol. The zero-order valence-corrected chi connectivity index (χ0v) is 15.8. The summed E-state index contributed by atoms with van der Waals surface area (Å²) in [5.74, 6) is 0.582. The number of nitrogens with zero attached hydrogens (tertiary/aromatic N) is 1. The van der Waals surface area contributed by atoms with E-state index < -0.39 is 10.0 Å². The Hall–Kier alpha value is -1.05. The Morgan fingerprint density at radius 2 is 1.88 bits per heavy atom. The zero-order chi connectivity index (χ0) is 17.3. The second kappa shape index (κ2) is 7.06. The van der Waals surface area contributed by atoms with Crippen LogP contribution in [0, 0.1) is 5.92 Å². The lowest BCUT2D eigenvalue weighted by molar-refractivity contribution is 0.0693. The fraction of sp³-hybridized carbons (Fsp3) is 0.588. The van der Waals surface area contributed by atoms with Crippen LogP contribution in [-0.4, -0.2) is 44.6 Å². The van der Waals surface area contributed by atoms with Crippen LogP contribution >= 0.6 is 11.8 Å². The molecular weight excluding hydrogens is 344 g/mol. The summed E-state index contributed by atoms with van der Waals surface area (Å²) in [7, 11) is -3.55. The topological polar surface area (TPSA) is 66.5 Å². The molecule has 0 atom stereocenters. The highest BCUT2D eigenvalue weighted by Crippen LogP contribution is 2.28. The van der Waals surface area contributed by atoms with E-state index in [9.17, 15) is 13.2 Å². The molecule has 1 aromatic carbocycles. The quantitative estimate of drug-likeness (QED) is 0.812. The van der Waals surface area contributed by atoms with Gasteiger partial charge in [-0.2, -0.15) is 0 Å². The molecule has 2 aliphatic rings. The van der Waals surface area contributed by atoms with Crippen LogP contribution in [0.4, 0.5) is 0 Å². The summed E-state index contributed by atoms with van der Waals surface area (Å²) in [5.41, 5.74) is 0.496. The average Bonchev–Trinajstić information content (AvgIpc) is 3.37. The van der Waals surface area contributed by atoms with E-state index in [0.29, 0.717) is 11.5 Å². The molecule has 132 valence electrons. The number of piperidine rings is 1. The second-order valence-corrected chi connectivity index (χ2v) is 9.29. The highest BCUT2D eigenvalue weighted by atomic mass is 32.2. The van der Waals surface area contributed by atoms with E-state index in [-0.39, 0.29) is 16.8 Å². The predicted octanol–water partition coefficient (Wildman–Crippen LogP) is 2.72. The van der Waals surface area contributed by atoms with Crippen molar-refractivity contribution < 1.29 is 13.2 Å². The molecule has 7 heteroatoms. The van der Waals surface area contributed by atoms with Gasteiger partial charge in [0.2, 0.25) is 10.0 Å². The Balaban J connectivity index is 1.87. The number of carbonyl (C=O) groups is 1. The van der Waals surface area contributed by atoms with Gasteiger partial charge in [0.25, 0.3) is 5.91 Å². The molecule has 2 fully saturated rings. The summed E-state index contributed by atoms with van der Waals surface area (Å²) in [6, 6.07) is 4.92. The minimum absolute atomic E-state index is 0.0537. The lowest BCUT2D eigenvalue weighted by Crippen LogP contribution is -2.38. The number of rotatable bonds is 5. The minimum Gasteiger partial charge on any atom is -0.339 e. The average molecular weight is 369 g/mol. The van der Waals surface area contributed by atoms with Crippen molar-refractivity contribution in [2.75, 3.05) is 19.3 Å². The number of benzene rings is 1. The van der Waals surface area contributed by atoms with E-state index in [2.05, 4.69) is 11.6 Å². The van der Waals surface area contributed by atoms with Crippen LogP contribution in [0.1, 0.15) is 43.0 Å². The Morgan fingerprint density at radius 1 is 1.21 bits per heavy atom. The molecule has 1 aliphatic heterocycles. The molecule has 1 aliphatic carbocycles. The van der Waals surface area contributed by atoms with Crippen LogP contribution in [0.25, 0.3) is 0 Å². The van der Waals surface area contributed by atoms with Crippen LogP contribution in [-0.2, 0) is 10.0 Å². The summed E-state index contributed by atoms with van der Waals surface area (Å²) in [6.45, 7) is 3.68. The first-order valence-corrected chi connectivity index (χ1v) is 11.1. The molecule has 1 saturated heterocycles. The molecule has 1 saturated carbocycles. The number of carbonyl (C=O) groups excluding carboxylic acids is 1. The van der Waals surface area contributed by atoms with E-state index >= 15 is 0 Å². The first-order chi connectivity index (χ1) is 11.4. The van der Waals surface area contributed by atoms with Gasteiger partial charge in [0.05, 0.1) is 10.5 Å². The van der Waals surface area contributed by atoms with Crippen molar-refractivity contribution in [1.29, 1.82) is 0 Å². The Kier molecular flexibility index (Phi) is 5.22. The van der Waals surface area contributed by atoms with Gasteiger partial charge in [0.1, 0.15) is 0 Å². The molecule has 0 bridgehead atoms. The molecule has 1 heterocycles. The molecule has 0 unspecified atom stereocenters. The standard InChI is InChI=1S/C17H24N2O3S2/c1-12-7-9-19(10-8-12)17(20)15-11-14(5-6-16(15)23-2)24(21,22)18-13-3-4-13/h5-6,11-13,18H,3-4,7-10H2,1-2H3. The van der Waals surface area contributed by atoms with Gasteiger partial charge < -0.3 is 4.90 Å². The highest BCUT2D eigenvalue weighted by molar-refractivity contribution is 7.98. The lowest BCUT2D eigenvalue weighted by Gasteiger charge is -2.30. The lowest BCUT2D eigenvalue weighted by atomic mass is 9.98. The molecule has 0 aromatic heterocycles. The van der Waals surface area contributed by atoms with Gasteiger partial charge in [-0.1, -0.05) is 6.92 Å². The molecule has 1 amide bonds. The van der Waals surface area contributed by atoms with Crippen LogP contribution in [0.15, 0.2) is 28.0 Å². The summed E-state index contributed by atoms with van der Waals surface area (Å²) < 4.78 is 27.5. The normalized spacial score (nSPS) is 19.5. The number of amides is 1. The maximum absolute atomic E-state index is 12.9. The van der Waals surface area contributed by atoms with Crippen molar-refractivity contribution in [2.24, 2.45) is 5.92 Å². The van der Waals surface area contributed by atoms with Crippen molar-refractivity contribution in [3.63, 3.8) is 0 Å². The SMILES string of the molecule is CSc1ccc(S(=O)(=O)NC2CC2)cc1C(=O)N1CCC(C)CC1. The third kappa shape index (κ3) is 3.95. The molecule has 5 nitrogen and oxygen atoms in total. The van der Waals surface area contributed by atoms with Crippen LogP contribution < -0.4 is 4.72 Å². The Morgan fingerprint density at radius 3 is 2.46 bits per heavy atom. The first kappa shape index (κ1) is 17.8. The smallest absolute Gasteiger partial charge is 0.255 e. The van der Waals surface area contributed by atoms with E-state index in [4.69, 9.17) is 0 Å². The van der Waals surface area contributed by atoms with Crippen LogP contribution in [0.5, 0.6) is 0 Å². The number of nitrogens with one attached hydrogen (secondary N) is 1. The summed E-state index contributed by atoms with van der Waals surface area (Å²) in [5, 5.41) is 0. The van der Waals surface area contributed by atoms with Gasteiger partial charge in [0.15, 0.2) is 0 Å². The molecule has 1 aromatic rings. The maximum Gasteiger partial charge on any atom is 0.255 e. The van der Waals surface area contributed by atoms with Crippen molar-refractivity contribution in [1.82, 2.24) is 9.62 Å². The highest BCUT2D eigenvalue weighted by Gasteiger charge is 2.29. The largest absolute Gasteiger partial charge is 0.339 e. The molecular formula is C17H24N2O3S2. The number of thioether (sulfide) groups is 1. The van der Waals surface area contributed by atoms with E-state index in [1.807, 2.05) is 11.2 Å². The third-order valence-electron chi connectivity index (χ3n) is 4.68. The van der Waals surface area contributed by atoms with E-state index in [0.717, 1.165) is 43.7 Å². The van der Waals surface area contributed by atoms with Crippen molar-refractivity contribution in [3.8, 4) is 0 Å². The first-order valence-electron chi connectivity index (χ1n) is 8.40. The Bertz CT molecular complexity index is 721. The number of hydrogen-bond acceptors (Lipinski definition) is 4. The van der Waals surface area contributed by atoms with E-state index in [1.54, 1.807) is 12.1 Å². The van der Waals surface area contributed by atoms with Gasteiger partial charge in [-0.15, -0.1) is 11.8 Å². The number of hydrogen-bond donors (Lipinski definition) is 1. The molecule has 1 N–H and O–H groups in total. The molecule has 0 spiro atoms. The third-order valence-corrected chi connectivity index (χ3v) is 7.00. The van der Waals surface area contributed by atoms with Gasteiger partial charge >= 0.3 is 0 Å². The van der Waals surface area contributed by atoms with Crippen molar-refractivity contribution in [3.05, 3.63) is 23.8 Å². The summed E-state index contributed by atoms with van der Waals surface area (Å²) in [4.78, 5) is 15.7. The van der Waals surface area contributed by atoms with Gasteiger partial charge in [-0.3, -0.25) is 4.79 Å². The minimum atomic E-state index is -3.55. The van der Waals surface area contributed by atoms with Crippen molar-refractivity contribution >= 4 is 27.7 Å². The summed E-state index contributed by atoms with van der Waals surface area (Å²) >= 11 is 1.47. The number of sulfonamides is 1.